The van der Waals surface area contributed by atoms with Gasteiger partial charge in [0.25, 0.3) is 0 Å². The number of benzene rings is 1. The second kappa shape index (κ2) is 6.12. The van der Waals surface area contributed by atoms with Crippen LogP contribution >= 0.6 is 23.2 Å². The lowest BCUT2D eigenvalue weighted by Crippen LogP contribution is -2.40. The molecule has 0 saturated carbocycles. The molecule has 0 spiro atoms. The van der Waals surface area contributed by atoms with E-state index in [1.54, 1.807) is 18.2 Å². The van der Waals surface area contributed by atoms with E-state index in [1.165, 1.54) is 0 Å². The fraction of sp³-hybridized carbons (Fsp3) is 0.500. The molecule has 1 aromatic carbocycles. The Labute approximate surface area is 123 Å². The summed E-state index contributed by atoms with van der Waals surface area (Å²) in [5.74, 6) is 0.660. The molecule has 0 bridgehead atoms. The molecule has 19 heavy (non-hydrogen) atoms. The molecule has 2 unspecified atom stereocenters. The molecule has 1 amide bonds. The van der Waals surface area contributed by atoms with Crippen LogP contribution in [0.25, 0.3) is 0 Å². The Morgan fingerprint density at radius 1 is 1.42 bits per heavy atom. The van der Waals surface area contributed by atoms with Crippen LogP contribution in [0.4, 0.5) is 5.69 Å². The number of rotatable bonds is 3. The molecular formula is C14H18Cl2N2O. The molecular weight excluding hydrogens is 283 g/mol. The molecule has 2 rings (SSSR count). The highest BCUT2D eigenvalue weighted by Crippen LogP contribution is 2.25. The average Bonchev–Trinajstić information content (AvgIpc) is 2.79. The zero-order valence-corrected chi connectivity index (χ0v) is 12.6. The van der Waals surface area contributed by atoms with Crippen molar-refractivity contribution in [2.75, 3.05) is 18.4 Å². The third-order valence-electron chi connectivity index (χ3n) is 3.57. The summed E-state index contributed by atoms with van der Waals surface area (Å²) in [4.78, 5) is 14.4. The van der Waals surface area contributed by atoms with Crippen molar-refractivity contribution in [3.05, 3.63) is 28.2 Å². The van der Waals surface area contributed by atoms with Crippen molar-refractivity contribution in [1.82, 2.24) is 4.90 Å². The molecule has 3 nitrogen and oxygen atoms in total. The maximum atomic E-state index is 12.2. The summed E-state index contributed by atoms with van der Waals surface area (Å²) in [5.41, 5.74) is 0.679. The second-order valence-corrected chi connectivity index (χ2v) is 6.00. The van der Waals surface area contributed by atoms with E-state index in [0.29, 0.717) is 21.7 Å². The normalized spacial score (nSPS) is 21.4. The Morgan fingerprint density at radius 3 is 2.74 bits per heavy atom. The van der Waals surface area contributed by atoms with Crippen LogP contribution in [0.1, 0.15) is 20.3 Å². The molecule has 0 radical (unpaired) electrons. The maximum Gasteiger partial charge on any atom is 0.241 e. The Bertz CT molecular complexity index is 479. The Kier molecular flexibility index (Phi) is 4.71. The van der Waals surface area contributed by atoms with Crippen molar-refractivity contribution < 1.29 is 4.79 Å². The summed E-state index contributed by atoms with van der Waals surface area (Å²) in [6, 6.07) is 4.98. The number of hydrogen-bond donors (Lipinski definition) is 1. The Hall–Kier alpha value is -0.770. The summed E-state index contributed by atoms with van der Waals surface area (Å²) < 4.78 is 0. The van der Waals surface area contributed by atoms with Gasteiger partial charge >= 0.3 is 0 Å². The summed E-state index contributed by atoms with van der Waals surface area (Å²) in [5, 5.41) is 3.81. The monoisotopic (exact) mass is 300 g/mol. The van der Waals surface area contributed by atoms with Crippen LogP contribution < -0.4 is 5.32 Å². The number of likely N-dealkylation sites (tertiary alicyclic amines) is 1. The van der Waals surface area contributed by atoms with E-state index in [1.807, 2.05) is 6.92 Å². The first-order chi connectivity index (χ1) is 8.97. The van der Waals surface area contributed by atoms with Gasteiger partial charge in [0, 0.05) is 12.2 Å². The van der Waals surface area contributed by atoms with E-state index in [2.05, 4.69) is 17.1 Å². The minimum atomic E-state index is -0.126. The highest BCUT2D eigenvalue weighted by Gasteiger charge is 2.27. The predicted molar refractivity (Wildman–Crippen MR) is 79.9 cm³/mol. The second-order valence-electron chi connectivity index (χ2n) is 5.18. The smallest absolute Gasteiger partial charge is 0.241 e. The van der Waals surface area contributed by atoms with Gasteiger partial charge in [-0.3, -0.25) is 9.69 Å². The molecule has 2 atom stereocenters. The lowest BCUT2D eigenvalue weighted by molar-refractivity contribution is -0.120. The van der Waals surface area contributed by atoms with E-state index in [0.717, 1.165) is 19.5 Å². The number of anilines is 1. The topological polar surface area (TPSA) is 32.3 Å². The number of carbonyl (C=O) groups is 1. The molecule has 104 valence electrons. The SMILES string of the molecule is CC1CCN(C(C)C(=O)Nc2ccc(Cl)c(Cl)c2)C1. The zero-order chi connectivity index (χ0) is 14.0. The fourth-order valence-corrected chi connectivity index (χ4v) is 2.61. The van der Waals surface area contributed by atoms with Crippen molar-refractivity contribution in [1.29, 1.82) is 0 Å². The first kappa shape index (κ1) is 14.6. The molecule has 1 aliphatic heterocycles. The minimum Gasteiger partial charge on any atom is -0.325 e. The molecule has 0 aromatic heterocycles. The van der Waals surface area contributed by atoms with Crippen LogP contribution in [0.15, 0.2) is 18.2 Å². The summed E-state index contributed by atoms with van der Waals surface area (Å²) in [7, 11) is 0. The summed E-state index contributed by atoms with van der Waals surface area (Å²) in [6.07, 6.45) is 1.16. The number of halogens is 2. The third kappa shape index (κ3) is 3.62. The van der Waals surface area contributed by atoms with Crippen LogP contribution in [0.2, 0.25) is 10.0 Å². The van der Waals surface area contributed by atoms with Crippen LogP contribution in [0, 0.1) is 5.92 Å². The number of hydrogen-bond acceptors (Lipinski definition) is 2. The quantitative estimate of drug-likeness (QED) is 0.924. The lowest BCUT2D eigenvalue weighted by atomic mass is 10.2. The minimum absolute atomic E-state index is 0.00695. The molecule has 1 heterocycles. The van der Waals surface area contributed by atoms with Crippen LogP contribution in [-0.4, -0.2) is 29.9 Å². The van der Waals surface area contributed by atoms with Crippen molar-refractivity contribution in [2.24, 2.45) is 5.92 Å². The standard InChI is InChI=1S/C14H18Cl2N2O/c1-9-5-6-18(8-9)10(2)14(19)17-11-3-4-12(15)13(16)7-11/h3-4,7,9-10H,5-6,8H2,1-2H3,(H,17,19). The number of nitrogens with zero attached hydrogens (tertiary/aromatic N) is 1. The van der Waals surface area contributed by atoms with Gasteiger partial charge in [-0.1, -0.05) is 30.1 Å². The van der Waals surface area contributed by atoms with Gasteiger partial charge in [-0.15, -0.1) is 0 Å². The van der Waals surface area contributed by atoms with Crippen molar-refractivity contribution in [3.63, 3.8) is 0 Å². The van der Waals surface area contributed by atoms with E-state index in [9.17, 15) is 4.79 Å². The molecule has 1 aliphatic rings. The van der Waals surface area contributed by atoms with Crippen LogP contribution in [0.5, 0.6) is 0 Å². The molecule has 5 heteroatoms. The van der Waals surface area contributed by atoms with E-state index in [-0.39, 0.29) is 11.9 Å². The zero-order valence-electron chi connectivity index (χ0n) is 11.1. The van der Waals surface area contributed by atoms with E-state index >= 15 is 0 Å². The van der Waals surface area contributed by atoms with E-state index < -0.39 is 0 Å². The van der Waals surface area contributed by atoms with Gasteiger partial charge in [-0.25, -0.2) is 0 Å². The maximum absolute atomic E-state index is 12.2. The van der Waals surface area contributed by atoms with Crippen molar-refractivity contribution >= 4 is 34.8 Å². The highest BCUT2D eigenvalue weighted by molar-refractivity contribution is 6.42. The number of nitrogens with one attached hydrogen (secondary N) is 1. The molecule has 0 aliphatic carbocycles. The number of carbonyl (C=O) groups excluding carboxylic acids is 1. The van der Waals surface area contributed by atoms with Gasteiger partial charge in [-0.05, 0) is 44.0 Å². The van der Waals surface area contributed by atoms with Crippen molar-refractivity contribution in [2.45, 2.75) is 26.3 Å². The van der Waals surface area contributed by atoms with E-state index in [4.69, 9.17) is 23.2 Å². The Balaban J connectivity index is 1.98. The van der Waals surface area contributed by atoms with Crippen LogP contribution in [0.3, 0.4) is 0 Å². The number of amides is 1. The molecule has 1 saturated heterocycles. The summed E-state index contributed by atoms with van der Waals surface area (Å²) >= 11 is 11.8. The average molecular weight is 301 g/mol. The fourth-order valence-electron chi connectivity index (χ4n) is 2.31. The first-order valence-corrected chi connectivity index (χ1v) is 7.23. The van der Waals surface area contributed by atoms with Gasteiger partial charge in [0.1, 0.15) is 0 Å². The largest absolute Gasteiger partial charge is 0.325 e. The van der Waals surface area contributed by atoms with Gasteiger partial charge < -0.3 is 5.32 Å². The summed E-state index contributed by atoms with van der Waals surface area (Å²) in [6.45, 7) is 6.11. The van der Waals surface area contributed by atoms with Crippen LogP contribution in [-0.2, 0) is 4.79 Å². The van der Waals surface area contributed by atoms with Gasteiger partial charge in [0.2, 0.25) is 5.91 Å². The molecule has 1 aromatic rings. The molecule has 1 fully saturated rings. The third-order valence-corrected chi connectivity index (χ3v) is 4.31. The highest BCUT2D eigenvalue weighted by atomic mass is 35.5. The van der Waals surface area contributed by atoms with Gasteiger partial charge in [0.15, 0.2) is 0 Å². The molecule has 1 N–H and O–H groups in total. The first-order valence-electron chi connectivity index (χ1n) is 6.47. The predicted octanol–water partition coefficient (Wildman–Crippen LogP) is 3.66. The van der Waals surface area contributed by atoms with Gasteiger partial charge in [-0.2, -0.15) is 0 Å². The Morgan fingerprint density at radius 2 is 2.16 bits per heavy atom. The lowest BCUT2D eigenvalue weighted by Gasteiger charge is -2.23. The van der Waals surface area contributed by atoms with Gasteiger partial charge in [0.05, 0.1) is 16.1 Å². The van der Waals surface area contributed by atoms with Crippen molar-refractivity contribution in [3.8, 4) is 0 Å².